The molecule has 0 radical (unpaired) electrons. The summed E-state index contributed by atoms with van der Waals surface area (Å²) in [5, 5.41) is 2.87. The van der Waals surface area contributed by atoms with Crippen LogP contribution in [0.3, 0.4) is 0 Å². The molecule has 0 spiro atoms. The molecule has 0 aromatic carbocycles. The van der Waals surface area contributed by atoms with Gasteiger partial charge in [-0.1, -0.05) is 13.0 Å². The summed E-state index contributed by atoms with van der Waals surface area (Å²) >= 11 is 0. The van der Waals surface area contributed by atoms with Gasteiger partial charge >= 0.3 is 0 Å². The highest BCUT2D eigenvalue weighted by Gasteiger charge is 2.46. The van der Waals surface area contributed by atoms with Crippen molar-refractivity contribution >= 4 is 15.8 Å². The van der Waals surface area contributed by atoms with E-state index in [9.17, 15) is 8.42 Å². The maximum absolute atomic E-state index is 12.6. The van der Waals surface area contributed by atoms with Gasteiger partial charge in [-0.15, -0.1) is 0 Å². The number of nitrogens with one attached hydrogen (secondary N) is 1. The fraction of sp³-hybridized carbons (Fsp3) is 0.471. The largest absolute Gasteiger partial charge is 0.350 e. The lowest BCUT2D eigenvalue weighted by atomic mass is 10.00. The first kappa shape index (κ1) is 16.4. The average Bonchev–Trinajstić information content (AvgIpc) is 3.07. The molecule has 2 aromatic rings. The van der Waals surface area contributed by atoms with Gasteiger partial charge in [0.05, 0.1) is 16.7 Å². The Hall–Kier alpha value is -2.06. The molecule has 7 nitrogen and oxygen atoms in total. The van der Waals surface area contributed by atoms with Crippen LogP contribution in [0.25, 0.3) is 0 Å². The first-order valence-electron chi connectivity index (χ1n) is 8.49. The highest BCUT2D eigenvalue weighted by molar-refractivity contribution is 7.91. The Morgan fingerprint density at radius 3 is 2.96 bits per heavy atom. The molecule has 1 fully saturated rings. The third kappa shape index (κ3) is 3.11. The molecule has 0 aliphatic carbocycles. The lowest BCUT2D eigenvalue weighted by molar-refractivity contribution is 0.353. The zero-order valence-electron chi connectivity index (χ0n) is 14.1. The van der Waals surface area contributed by atoms with Crippen LogP contribution in [0.15, 0.2) is 30.7 Å². The molecule has 1 N–H and O–H groups in total. The Morgan fingerprint density at radius 2 is 2.20 bits per heavy atom. The summed E-state index contributed by atoms with van der Waals surface area (Å²) < 4.78 is 25.2. The zero-order chi connectivity index (χ0) is 17.4. The summed E-state index contributed by atoms with van der Waals surface area (Å²) in [7, 11) is -3.14. The molecule has 2 aliphatic rings. The predicted molar refractivity (Wildman–Crippen MR) is 94.9 cm³/mol. The number of hydrogen-bond acceptors (Lipinski definition) is 7. The quantitative estimate of drug-likeness (QED) is 0.877. The van der Waals surface area contributed by atoms with Crippen LogP contribution >= 0.6 is 0 Å². The van der Waals surface area contributed by atoms with E-state index in [0.717, 1.165) is 29.9 Å². The molecule has 2 atom stereocenters. The van der Waals surface area contributed by atoms with Crippen LogP contribution in [0, 0.1) is 0 Å². The Labute approximate surface area is 147 Å². The predicted octanol–water partition coefficient (Wildman–Crippen LogP) is 1.20. The fourth-order valence-electron chi connectivity index (χ4n) is 3.68. The summed E-state index contributed by atoms with van der Waals surface area (Å²) in [5.41, 5.74) is 2.67. The summed E-state index contributed by atoms with van der Waals surface area (Å²) in [5.74, 6) is 0.524. The molecule has 25 heavy (non-hydrogen) atoms. The Kier molecular flexibility index (Phi) is 4.16. The molecule has 8 heteroatoms. The van der Waals surface area contributed by atoms with Crippen LogP contribution in [0.2, 0.25) is 0 Å². The first-order valence-corrected chi connectivity index (χ1v) is 10.2. The third-order valence-electron chi connectivity index (χ3n) is 5.03. The Balaban J connectivity index is 1.60. The smallest absolute Gasteiger partial charge is 0.223 e. The maximum Gasteiger partial charge on any atom is 0.223 e. The van der Waals surface area contributed by atoms with Gasteiger partial charge < -0.3 is 10.2 Å². The van der Waals surface area contributed by atoms with Crippen molar-refractivity contribution in [2.75, 3.05) is 25.0 Å². The number of anilines is 1. The topological polar surface area (TPSA) is 88.1 Å². The van der Waals surface area contributed by atoms with Gasteiger partial charge in [-0.05, 0) is 18.2 Å². The highest BCUT2D eigenvalue weighted by atomic mass is 32.2. The van der Waals surface area contributed by atoms with Crippen LogP contribution in [0.1, 0.15) is 29.7 Å². The fourth-order valence-corrected chi connectivity index (χ4v) is 5.71. The van der Waals surface area contributed by atoms with Crippen molar-refractivity contribution in [1.82, 2.24) is 19.9 Å². The van der Waals surface area contributed by atoms with Gasteiger partial charge in [-0.3, -0.25) is 4.98 Å². The number of aromatic nitrogens is 3. The molecule has 4 heterocycles. The second-order valence-electron chi connectivity index (χ2n) is 6.62. The minimum Gasteiger partial charge on any atom is -0.350 e. The average molecular weight is 359 g/mol. The van der Waals surface area contributed by atoms with Crippen molar-refractivity contribution < 1.29 is 8.42 Å². The minimum atomic E-state index is -3.14. The summed E-state index contributed by atoms with van der Waals surface area (Å²) in [6.07, 6.45) is 5.19. The minimum absolute atomic E-state index is 0.0456. The van der Waals surface area contributed by atoms with E-state index in [2.05, 4.69) is 32.1 Å². The molecule has 2 aliphatic heterocycles. The van der Waals surface area contributed by atoms with Gasteiger partial charge in [0.2, 0.25) is 5.95 Å². The highest BCUT2D eigenvalue weighted by Crippen LogP contribution is 2.39. The van der Waals surface area contributed by atoms with Gasteiger partial charge in [-0.2, -0.15) is 0 Å². The van der Waals surface area contributed by atoms with E-state index in [1.807, 2.05) is 12.1 Å². The van der Waals surface area contributed by atoms with Crippen LogP contribution in [0.5, 0.6) is 0 Å². The Morgan fingerprint density at radius 1 is 1.32 bits per heavy atom. The van der Waals surface area contributed by atoms with E-state index < -0.39 is 9.84 Å². The van der Waals surface area contributed by atoms with E-state index in [-0.39, 0.29) is 16.9 Å². The lowest BCUT2D eigenvalue weighted by Crippen LogP contribution is -2.35. The van der Waals surface area contributed by atoms with E-state index >= 15 is 0 Å². The number of hydrogen-bond donors (Lipinski definition) is 1. The number of nitrogens with zero attached hydrogens (tertiary/aromatic N) is 4. The first-order chi connectivity index (χ1) is 12.1. The van der Waals surface area contributed by atoms with E-state index in [1.165, 1.54) is 0 Å². The van der Waals surface area contributed by atoms with Crippen molar-refractivity contribution in [2.24, 2.45) is 0 Å². The molecule has 132 valence electrons. The number of likely N-dealkylation sites (N-methyl/N-ethyl adjacent to an activating group) is 1. The van der Waals surface area contributed by atoms with Crippen LogP contribution in [0.4, 0.5) is 5.95 Å². The molecule has 0 saturated carbocycles. The van der Waals surface area contributed by atoms with Gasteiger partial charge in [0.15, 0.2) is 9.84 Å². The standard InChI is InChI=1S/C17H21N5O2S/c1-2-22-9-14-15(10-22)25(23,24)11-13-8-20-17(21-16(13)14)19-7-12-4-3-5-18-6-12/h3-6,8,14-15H,2,7,9-11H2,1H3,(H,19,20,21)/t14-,15+/m0/s1. The summed E-state index contributed by atoms with van der Waals surface area (Å²) in [6, 6.07) is 3.87. The number of fused-ring (bicyclic) bond motifs is 3. The van der Waals surface area contributed by atoms with Crippen molar-refractivity contribution in [2.45, 2.75) is 30.4 Å². The molecular weight excluding hydrogens is 338 g/mol. The van der Waals surface area contributed by atoms with Crippen molar-refractivity contribution in [3.8, 4) is 0 Å². The monoisotopic (exact) mass is 359 g/mol. The lowest BCUT2D eigenvalue weighted by Gasteiger charge is -2.26. The van der Waals surface area contributed by atoms with Crippen molar-refractivity contribution in [3.63, 3.8) is 0 Å². The summed E-state index contributed by atoms with van der Waals surface area (Å²) in [4.78, 5) is 15.3. The van der Waals surface area contributed by atoms with E-state index in [0.29, 0.717) is 19.0 Å². The Bertz CT molecular complexity index is 872. The number of pyridine rings is 1. The third-order valence-corrected chi connectivity index (χ3v) is 7.14. The SMILES string of the molecule is CCN1C[C@@H]2c3nc(NCc4cccnc4)ncc3CS(=O)(=O)[C@@H]2C1. The molecule has 0 bridgehead atoms. The van der Waals surface area contributed by atoms with Crippen LogP contribution < -0.4 is 5.32 Å². The van der Waals surface area contributed by atoms with Gasteiger partial charge in [0.1, 0.15) is 0 Å². The van der Waals surface area contributed by atoms with Crippen molar-refractivity contribution in [3.05, 3.63) is 47.5 Å². The van der Waals surface area contributed by atoms with Gasteiger partial charge in [-0.25, -0.2) is 18.4 Å². The second kappa shape index (κ2) is 6.34. The van der Waals surface area contributed by atoms with Gasteiger partial charge in [0, 0.05) is 49.7 Å². The van der Waals surface area contributed by atoms with E-state index in [1.54, 1.807) is 18.6 Å². The van der Waals surface area contributed by atoms with Gasteiger partial charge in [0.25, 0.3) is 0 Å². The number of likely N-dealkylation sites (tertiary alicyclic amines) is 1. The molecular formula is C17H21N5O2S. The molecule has 0 amide bonds. The van der Waals surface area contributed by atoms with Crippen LogP contribution in [-0.2, 0) is 22.1 Å². The molecule has 4 rings (SSSR count). The zero-order valence-corrected chi connectivity index (χ0v) is 14.9. The molecule has 0 unspecified atom stereocenters. The molecule has 2 aromatic heterocycles. The number of sulfone groups is 1. The normalized spacial score (nSPS) is 24.5. The second-order valence-corrected chi connectivity index (χ2v) is 8.84. The van der Waals surface area contributed by atoms with E-state index in [4.69, 9.17) is 0 Å². The number of rotatable bonds is 4. The van der Waals surface area contributed by atoms with Crippen molar-refractivity contribution in [1.29, 1.82) is 0 Å². The summed E-state index contributed by atoms with van der Waals surface area (Å²) in [6.45, 7) is 4.85. The molecule has 1 saturated heterocycles. The van der Waals surface area contributed by atoms with Crippen LogP contribution in [-0.4, -0.2) is 53.2 Å². The maximum atomic E-state index is 12.6.